The van der Waals surface area contributed by atoms with Crippen LogP contribution in [-0.4, -0.2) is 19.1 Å². The molecule has 0 saturated heterocycles. The normalized spacial score (nSPS) is 16.1. The van der Waals surface area contributed by atoms with Crippen LogP contribution in [0.1, 0.15) is 47.5 Å². The topological polar surface area (TPSA) is 3.24 Å². The van der Waals surface area contributed by atoms with Gasteiger partial charge in [0.25, 0.3) is 0 Å². The van der Waals surface area contributed by atoms with Crippen molar-refractivity contribution in [1.82, 2.24) is 4.57 Å². The summed E-state index contributed by atoms with van der Waals surface area (Å²) in [4.78, 5) is 0. The third kappa shape index (κ3) is 4.11. The minimum absolute atomic E-state index is 0. The molecule has 1 rings (SSSR count). The van der Waals surface area contributed by atoms with Crippen LogP contribution in [0, 0.1) is 0 Å². The van der Waals surface area contributed by atoms with Gasteiger partial charge in [-0.15, -0.1) is 0 Å². The second-order valence-corrected chi connectivity index (χ2v) is 8.81. The van der Waals surface area contributed by atoms with Crippen LogP contribution < -0.4 is 0 Å². The van der Waals surface area contributed by atoms with Crippen LogP contribution in [-0.2, 0) is 21.7 Å². The van der Waals surface area contributed by atoms with Crippen LogP contribution in [0.3, 0.4) is 0 Å². The molecular formula is C14H27NSiTi. The fourth-order valence-electron chi connectivity index (χ4n) is 2.86. The molecule has 0 radical (unpaired) electrons. The maximum absolute atomic E-state index is 2.69. The van der Waals surface area contributed by atoms with Gasteiger partial charge in [-0.3, -0.25) is 0 Å². The molecule has 0 aliphatic heterocycles. The summed E-state index contributed by atoms with van der Waals surface area (Å²) >= 11 is 0. The Morgan fingerprint density at radius 1 is 1.29 bits per heavy atom. The van der Waals surface area contributed by atoms with Gasteiger partial charge in [0.2, 0.25) is 0 Å². The van der Waals surface area contributed by atoms with Crippen LogP contribution in [0.25, 0.3) is 0 Å². The molecule has 3 heteroatoms. The second kappa shape index (κ2) is 6.40. The molecule has 0 fully saturated rings. The van der Waals surface area contributed by atoms with Gasteiger partial charge < -0.3 is 4.57 Å². The largest absolute Gasteiger partial charge is 0.399 e. The summed E-state index contributed by atoms with van der Waals surface area (Å²) in [6.07, 6.45) is 4.78. The number of nitrogens with zero attached hydrogens (tertiary/aromatic N) is 1. The molecule has 1 nitrogen and oxygen atoms in total. The average Bonchev–Trinajstić information content (AvgIpc) is 2.43. The van der Waals surface area contributed by atoms with E-state index in [4.69, 9.17) is 0 Å². The quantitative estimate of drug-likeness (QED) is 0.706. The summed E-state index contributed by atoms with van der Waals surface area (Å²) in [5.74, 6) is 0. The molecule has 1 aliphatic rings. The molecule has 0 amide bonds. The first-order valence-corrected chi connectivity index (χ1v) is 9.28. The zero-order valence-corrected chi connectivity index (χ0v) is 15.2. The van der Waals surface area contributed by atoms with E-state index in [1.54, 1.807) is 16.8 Å². The molecule has 1 aliphatic carbocycles. The Morgan fingerprint density at radius 3 is 2.12 bits per heavy atom. The van der Waals surface area contributed by atoms with Crippen molar-refractivity contribution in [3.8, 4) is 0 Å². The van der Waals surface area contributed by atoms with Crippen LogP contribution in [0.4, 0.5) is 0 Å². The summed E-state index contributed by atoms with van der Waals surface area (Å²) in [7, 11) is -0.791. The smallest absolute Gasteiger partial charge is 0.134 e. The van der Waals surface area contributed by atoms with Gasteiger partial charge in [0, 0.05) is 39.4 Å². The van der Waals surface area contributed by atoms with Crippen LogP contribution in [0.5, 0.6) is 0 Å². The molecule has 0 N–H and O–H groups in total. The molecule has 0 spiro atoms. The van der Waals surface area contributed by atoms with Gasteiger partial charge in [0.05, 0.1) is 0 Å². The summed E-state index contributed by atoms with van der Waals surface area (Å²) in [6, 6.07) is 0. The zero-order valence-electron chi connectivity index (χ0n) is 12.5. The molecule has 96 valence electrons. The Kier molecular flexibility index (Phi) is 6.48. The second-order valence-electron chi connectivity index (χ2n) is 6.11. The van der Waals surface area contributed by atoms with Crippen molar-refractivity contribution < 1.29 is 21.7 Å². The van der Waals surface area contributed by atoms with Crippen molar-refractivity contribution in [3.63, 3.8) is 0 Å². The molecule has 0 heterocycles. The number of hydrogen-bond acceptors (Lipinski definition) is 1. The number of rotatable bonds is 3. The molecule has 0 unspecified atom stereocenters. The van der Waals surface area contributed by atoms with E-state index >= 15 is 0 Å². The Hall–Kier alpha value is 0.211. The molecule has 0 aromatic carbocycles. The van der Waals surface area contributed by atoms with Crippen molar-refractivity contribution in [1.29, 1.82) is 0 Å². The van der Waals surface area contributed by atoms with Crippen molar-refractivity contribution in [2.75, 3.05) is 0 Å². The summed E-state index contributed by atoms with van der Waals surface area (Å²) in [6.45, 7) is 16.4. The third-order valence-corrected chi connectivity index (χ3v) is 5.40. The van der Waals surface area contributed by atoms with E-state index in [0.717, 1.165) is 0 Å². The molecule has 0 atom stereocenters. The fourth-order valence-corrected chi connectivity index (χ4v) is 5.23. The number of allylic oxidation sites excluding steroid dienone is 3. The molecule has 0 bridgehead atoms. The van der Waals surface area contributed by atoms with Crippen molar-refractivity contribution in [3.05, 3.63) is 22.9 Å². The maximum Gasteiger partial charge on any atom is 0.134 e. The predicted octanol–water partition coefficient (Wildman–Crippen LogP) is 4.08. The van der Waals surface area contributed by atoms with Gasteiger partial charge in [-0.1, -0.05) is 25.6 Å². The summed E-state index contributed by atoms with van der Waals surface area (Å²) in [5, 5.41) is 0. The fraction of sp³-hybridized carbons (Fsp3) is 0.714. The first-order valence-electron chi connectivity index (χ1n) is 6.46. The van der Waals surface area contributed by atoms with Gasteiger partial charge in [-0.25, -0.2) is 0 Å². The maximum atomic E-state index is 2.69. The van der Waals surface area contributed by atoms with E-state index in [1.807, 2.05) is 0 Å². The Balaban J connectivity index is 0.00000256. The van der Waals surface area contributed by atoms with Gasteiger partial charge in [-0.05, 0) is 45.8 Å². The predicted molar refractivity (Wildman–Crippen MR) is 76.2 cm³/mol. The Labute approximate surface area is 124 Å². The van der Waals surface area contributed by atoms with E-state index in [2.05, 4.69) is 58.4 Å². The third-order valence-electron chi connectivity index (χ3n) is 3.26. The summed E-state index contributed by atoms with van der Waals surface area (Å²) < 4.78 is 2.69. The Bertz CT molecular complexity index is 324. The van der Waals surface area contributed by atoms with Gasteiger partial charge in [0.1, 0.15) is 8.96 Å². The zero-order chi connectivity index (χ0) is 12.5. The van der Waals surface area contributed by atoms with Crippen molar-refractivity contribution in [2.45, 2.75) is 66.1 Å². The van der Waals surface area contributed by atoms with Crippen molar-refractivity contribution >= 4 is 8.96 Å². The van der Waals surface area contributed by atoms with Crippen LogP contribution in [0.2, 0.25) is 13.1 Å². The van der Waals surface area contributed by atoms with Gasteiger partial charge >= 0.3 is 0 Å². The van der Waals surface area contributed by atoms with E-state index in [1.165, 1.54) is 12.8 Å². The standard InChI is InChI=1S/C14H27NSi.Ti/c1-8-12-10-13(9-11(12)2)15(16(6)7)14(3,4)5;/h10,16H,8-9H2,1-7H3;. The molecule has 17 heavy (non-hydrogen) atoms. The molecular weight excluding hydrogens is 258 g/mol. The van der Waals surface area contributed by atoms with Crippen molar-refractivity contribution in [2.24, 2.45) is 0 Å². The minimum atomic E-state index is -0.791. The van der Waals surface area contributed by atoms with Gasteiger partial charge in [0.15, 0.2) is 0 Å². The number of hydrogen-bond donors (Lipinski definition) is 0. The monoisotopic (exact) mass is 285 g/mol. The first kappa shape index (κ1) is 17.2. The molecule has 0 saturated carbocycles. The van der Waals surface area contributed by atoms with Crippen LogP contribution >= 0.6 is 0 Å². The van der Waals surface area contributed by atoms with Gasteiger partial charge in [-0.2, -0.15) is 0 Å². The molecule has 0 aromatic rings. The van der Waals surface area contributed by atoms with E-state index in [9.17, 15) is 0 Å². The molecule has 0 aromatic heterocycles. The Morgan fingerprint density at radius 2 is 1.82 bits per heavy atom. The SMILES string of the molecule is CCC1=C(C)CC(N([SiH](C)C)C(C)(C)C)=C1.[Ti]. The van der Waals surface area contributed by atoms with E-state index in [-0.39, 0.29) is 27.3 Å². The van der Waals surface area contributed by atoms with E-state index in [0.29, 0.717) is 0 Å². The average molecular weight is 285 g/mol. The van der Waals surface area contributed by atoms with Crippen LogP contribution in [0.15, 0.2) is 22.9 Å². The minimum Gasteiger partial charge on any atom is -0.399 e. The van der Waals surface area contributed by atoms with E-state index < -0.39 is 8.96 Å². The summed E-state index contributed by atoms with van der Waals surface area (Å²) in [5.41, 5.74) is 4.96. The first-order chi connectivity index (χ1) is 7.27.